The predicted molar refractivity (Wildman–Crippen MR) is 119 cm³/mol. The van der Waals surface area contributed by atoms with Gasteiger partial charge in [0.2, 0.25) is 0 Å². The Morgan fingerprint density at radius 1 is 0.964 bits per heavy atom. The van der Waals surface area contributed by atoms with Crippen LogP contribution in [0.25, 0.3) is 11.1 Å². The van der Waals surface area contributed by atoms with Crippen LogP contribution in [-0.2, 0) is 0 Å². The van der Waals surface area contributed by atoms with Crippen LogP contribution in [0.3, 0.4) is 0 Å². The summed E-state index contributed by atoms with van der Waals surface area (Å²) in [5.74, 6) is 0. The van der Waals surface area contributed by atoms with E-state index in [1.165, 1.54) is 42.5 Å². The molecule has 2 aromatic carbocycles. The number of nitrogens with one attached hydrogen (secondary N) is 1. The highest BCUT2D eigenvalue weighted by molar-refractivity contribution is 5.63. The van der Waals surface area contributed by atoms with Gasteiger partial charge in [0.05, 0.1) is 0 Å². The van der Waals surface area contributed by atoms with Crippen molar-refractivity contribution in [3.8, 4) is 11.1 Å². The van der Waals surface area contributed by atoms with E-state index in [0.717, 1.165) is 19.4 Å². The Hall–Kier alpha value is -2.16. The highest BCUT2D eigenvalue weighted by Crippen LogP contribution is 2.41. The van der Waals surface area contributed by atoms with Crippen LogP contribution in [0.2, 0.25) is 0 Å². The predicted octanol–water partition coefficient (Wildman–Crippen LogP) is 5.74. The molecule has 0 bridgehead atoms. The molecule has 0 spiro atoms. The van der Waals surface area contributed by atoms with Gasteiger partial charge < -0.3 is 5.32 Å². The van der Waals surface area contributed by atoms with Crippen molar-refractivity contribution in [1.82, 2.24) is 10.2 Å². The number of rotatable bonds is 7. The largest absolute Gasteiger partial charge is 0.308 e. The minimum Gasteiger partial charge on any atom is -0.308 e. The van der Waals surface area contributed by atoms with E-state index in [0.29, 0.717) is 12.1 Å². The van der Waals surface area contributed by atoms with Gasteiger partial charge in [0.1, 0.15) is 0 Å². The maximum absolute atomic E-state index is 4.03. The van der Waals surface area contributed by atoms with Crippen LogP contribution in [0.4, 0.5) is 0 Å². The van der Waals surface area contributed by atoms with Crippen LogP contribution in [0.15, 0.2) is 79.9 Å². The maximum atomic E-state index is 4.03. The standard InChI is InChI=1S/C26H32N2/c1-3-15-26(16-4-2)17-8-18-28(26)24-19-25(27-20-24)23-13-11-22(12-14-23)21-9-6-5-7-10-21/h3-7,9-14,24-25,27H,1-2,8,15-20H2. The molecule has 1 N–H and O–H groups in total. The zero-order valence-electron chi connectivity index (χ0n) is 16.8. The van der Waals surface area contributed by atoms with Gasteiger partial charge in [-0.3, -0.25) is 4.90 Å². The third kappa shape index (κ3) is 3.72. The Labute approximate surface area is 170 Å². The Kier molecular flexibility index (Phi) is 5.79. The monoisotopic (exact) mass is 372 g/mol. The minimum atomic E-state index is 0.238. The van der Waals surface area contributed by atoms with Gasteiger partial charge in [-0.2, -0.15) is 0 Å². The van der Waals surface area contributed by atoms with E-state index in [1.54, 1.807) is 0 Å². The van der Waals surface area contributed by atoms with Crippen LogP contribution in [0.5, 0.6) is 0 Å². The summed E-state index contributed by atoms with van der Waals surface area (Å²) in [6, 6.07) is 20.8. The van der Waals surface area contributed by atoms with E-state index >= 15 is 0 Å². The number of likely N-dealkylation sites (tertiary alicyclic amines) is 1. The van der Waals surface area contributed by atoms with Crippen LogP contribution in [0.1, 0.15) is 43.7 Å². The first-order valence-corrected chi connectivity index (χ1v) is 10.6. The van der Waals surface area contributed by atoms with Crippen LogP contribution < -0.4 is 5.32 Å². The van der Waals surface area contributed by atoms with Gasteiger partial charge in [0, 0.05) is 24.2 Å². The summed E-state index contributed by atoms with van der Waals surface area (Å²) < 4.78 is 0. The highest BCUT2D eigenvalue weighted by Gasteiger charge is 2.44. The van der Waals surface area contributed by atoms with E-state index in [2.05, 4.69) is 90.1 Å². The van der Waals surface area contributed by atoms with Crippen molar-refractivity contribution < 1.29 is 0 Å². The number of nitrogens with zero attached hydrogens (tertiary/aromatic N) is 1. The fraction of sp³-hybridized carbons (Fsp3) is 0.385. The molecular formula is C26H32N2. The van der Waals surface area contributed by atoms with Gasteiger partial charge in [-0.1, -0.05) is 66.7 Å². The molecule has 2 atom stereocenters. The molecule has 0 radical (unpaired) electrons. The number of hydrogen-bond donors (Lipinski definition) is 1. The van der Waals surface area contributed by atoms with Crippen molar-refractivity contribution in [3.05, 3.63) is 85.5 Å². The van der Waals surface area contributed by atoms with Crippen molar-refractivity contribution >= 4 is 0 Å². The fourth-order valence-electron chi connectivity index (χ4n) is 5.34. The van der Waals surface area contributed by atoms with Crippen LogP contribution in [-0.4, -0.2) is 29.6 Å². The lowest BCUT2D eigenvalue weighted by atomic mass is 9.86. The van der Waals surface area contributed by atoms with Gasteiger partial charge in [-0.25, -0.2) is 0 Å². The molecule has 2 aliphatic rings. The molecule has 146 valence electrons. The van der Waals surface area contributed by atoms with Crippen molar-refractivity contribution in [3.63, 3.8) is 0 Å². The Morgan fingerprint density at radius 3 is 2.32 bits per heavy atom. The summed E-state index contributed by atoms with van der Waals surface area (Å²) in [6.45, 7) is 10.3. The van der Waals surface area contributed by atoms with Crippen molar-refractivity contribution in [2.45, 2.75) is 49.7 Å². The lowest BCUT2D eigenvalue weighted by Gasteiger charge is -2.41. The summed E-state index contributed by atoms with van der Waals surface area (Å²) in [7, 11) is 0. The van der Waals surface area contributed by atoms with E-state index in [4.69, 9.17) is 0 Å². The molecule has 2 heterocycles. The third-order valence-corrected chi connectivity index (χ3v) is 6.67. The van der Waals surface area contributed by atoms with E-state index in [1.807, 2.05) is 0 Å². The molecule has 0 saturated carbocycles. The van der Waals surface area contributed by atoms with Gasteiger partial charge >= 0.3 is 0 Å². The molecule has 4 rings (SSSR count). The molecule has 0 aromatic heterocycles. The molecule has 2 heteroatoms. The average Bonchev–Trinajstić information content (AvgIpc) is 3.37. The molecule has 2 unspecified atom stereocenters. The highest BCUT2D eigenvalue weighted by atomic mass is 15.3. The lowest BCUT2D eigenvalue weighted by Crippen LogP contribution is -2.49. The summed E-state index contributed by atoms with van der Waals surface area (Å²) >= 11 is 0. The molecule has 28 heavy (non-hydrogen) atoms. The van der Waals surface area contributed by atoms with E-state index in [-0.39, 0.29) is 5.54 Å². The summed E-state index contributed by atoms with van der Waals surface area (Å²) in [5, 5.41) is 3.79. The van der Waals surface area contributed by atoms with Gasteiger partial charge in [-0.05, 0) is 55.3 Å². The Morgan fingerprint density at radius 2 is 1.64 bits per heavy atom. The lowest BCUT2D eigenvalue weighted by molar-refractivity contribution is 0.0963. The number of hydrogen-bond acceptors (Lipinski definition) is 2. The number of benzene rings is 2. The van der Waals surface area contributed by atoms with Crippen LogP contribution >= 0.6 is 0 Å². The quantitative estimate of drug-likeness (QED) is 0.623. The topological polar surface area (TPSA) is 15.3 Å². The second-order valence-electron chi connectivity index (χ2n) is 8.35. The van der Waals surface area contributed by atoms with Crippen molar-refractivity contribution in [2.24, 2.45) is 0 Å². The molecule has 0 amide bonds. The first kappa shape index (κ1) is 19.2. The Bertz CT molecular complexity index is 783. The smallest absolute Gasteiger partial charge is 0.0336 e. The minimum absolute atomic E-state index is 0.238. The fourth-order valence-corrected chi connectivity index (χ4v) is 5.34. The molecule has 0 aliphatic carbocycles. The normalized spacial score (nSPS) is 24.3. The Balaban J connectivity index is 1.46. The molecule has 2 saturated heterocycles. The summed E-state index contributed by atoms with van der Waals surface area (Å²) in [6.07, 6.45) is 10.1. The van der Waals surface area contributed by atoms with Gasteiger partial charge in [0.15, 0.2) is 0 Å². The third-order valence-electron chi connectivity index (χ3n) is 6.67. The second-order valence-corrected chi connectivity index (χ2v) is 8.35. The first-order chi connectivity index (χ1) is 13.8. The SMILES string of the molecule is C=CCC1(CC=C)CCCN1C1CNC(c2ccc(-c3ccccc3)cc2)C1. The molecule has 2 aliphatic heterocycles. The molecule has 2 aromatic rings. The molecular weight excluding hydrogens is 340 g/mol. The van der Waals surface area contributed by atoms with E-state index < -0.39 is 0 Å². The first-order valence-electron chi connectivity index (χ1n) is 10.6. The van der Waals surface area contributed by atoms with Crippen molar-refractivity contribution in [1.29, 1.82) is 0 Å². The van der Waals surface area contributed by atoms with Crippen molar-refractivity contribution in [2.75, 3.05) is 13.1 Å². The molecule has 2 nitrogen and oxygen atoms in total. The zero-order valence-corrected chi connectivity index (χ0v) is 16.8. The summed E-state index contributed by atoms with van der Waals surface area (Å²) in [4.78, 5) is 2.77. The van der Waals surface area contributed by atoms with E-state index in [9.17, 15) is 0 Å². The summed E-state index contributed by atoms with van der Waals surface area (Å²) in [5.41, 5.74) is 4.21. The maximum Gasteiger partial charge on any atom is 0.0336 e. The van der Waals surface area contributed by atoms with Crippen LogP contribution in [0, 0.1) is 0 Å². The second kappa shape index (κ2) is 8.46. The van der Waals surface area contributed by atoms with Gasteiger partial charge in [-0.15, -0.1) is 13.2 Å². The molecule has 2 fully saturated rings. The van der Waals surface area contributed by atoms with Gasteiger partial charge in [0.25, 0.3) is 0 Å². The average molecular weight is 373 g/mol. The zero-order chi connectivity index (χ0) is 19.4.